The summed E-state index contributed by atoms with van der Waals surface area (Å²) in [5.41, 5.74) is 0.786. The average Bonchev–Trinajstić information content (AvgIpc) is 2.48. The number of ether oxygens (including phenoxy) is 1. The Kier molecular flexibility index (Phi) is 4.15. The summed E-state index contributed by atoms with van der Waals surface area (Å²) in [6.45, 7) is 1.54. The smallest absolute Gasteiger partial charge is 0.338 e. The summed E-state index contributed by atoms with van der Waals surface area (Å²) in [6.07, 6.45) is -0.862. The number of aromatic hydroxyl groups is 1. The monoisotopic (exact) mass is 270 g/mol. The number of benzene rings is 2. The normalized spacial score (nSPS) is 11.7. The van der Waals surface area contributed by atoms with E-state index in [9.17, 15) is 9.59 Å². The fraction of sp³-hybridized carbons (Fsp3) is 0.125. The Morgan fingerprint density at radius 2 is 1.55 bits per heavy atom. The van der Waals surface area contributed by atoms with Gasteiger partial charge >= 0.3 is 5.97 Å². The van der Waals surface area contributed by atoms with Gasteiger partial charge in [-0.3, -0.25) is 4.79 Å². The first-order chi connectivity index (χ1) is 9.58. The lowest BCUT2D eigenvalue weighted by Gasteiger charge is -2.12. The lowest BCUT2D eigenvalue weighted by atomic mass is 10.1. The fourth-order valence-corrected chi connectivity index (χ4v) is 1.72. The third-order valence-corrected chi connectivity index (χ3v) is 2.81. The number of phenolic OH excluding ortho intramolecular Hbond substituents is 1. The quantitative estimate of drug-likeness (QED) is 0.685. The molecule has 0 heterocycles. The van der Waals surface area contributed by atoms with E-state index < -0.39 is 12.1 Å². The maximum absolute atomic E-state index is 12.0. The van der Waals surface area contributed by atoms with Crippen LogP contribution in [0.2, 0.25) is 0 Å². The Hall–Kier alpha value is -2.62. The van der Waals surface area contributed by atoms with Gasteiger partial charge in [0.2, 0.25) is 5.78 Å². The molecule has 0 aromatic heterocycles. The van der Waals surface area contributed by atoms with Gasteiger partial charge in [-0.15, -0.1) is 0 Å². The van der Waals surface area contributed by atoms with Crippen LogP contribution in [0.1, 0.15) is 27.6 Å². The van der Waals surface area contributed by atoms with Crippen molar-refractivity contribution in [3.05, 3.63) is 65.7 Å². The first-order valence-corrected chi connectivity index (χ1v) is 6.17. The highest BCUT2D eigenvalue weighted by Gasteiger charge is 2.20. The van der Waals surface area contributed by atoms with Crippen LogP contribution in [0.3, 0.4) is 0 Å². The molecule has 2 aromatic rings. The van der Waals surface area contributed by atoms with Crippen LogP contribution in [0.4, 0.5) is 0 Å². The third-order valence-electron chi connectivity index (χ3n) is 2.81. The van der Waals surface area contributed by atoms with Crippen molar-refractivity contribution in [3.8, 4) is 5.75 Å². The van der Waals surface area contributed by atoms with Crippen molar-refractivity contribution >= 4 is 11.8 Å². The average molecular weight is 270 g/mol. The zero-order valence-corrected chi connectivity index (χ0v) is 10.9. The Morgan fingerprint density at radius 3 is 2.15 bits per heavy atom. The van der Waals surface area contributed by atoms with Gasteiger partial charge in [0.15, 0.2) is 6.10 Å². The van der Waals surface area contributed by atoms with Crippen molar-refractivity contribution in [2.24, 2.45) is 0 Å². The summed E-state index contributed by atoms with van der Waals surface area (Å²) in [4.78, 5) is 23.9. The highest BCUT2D eigenvalue weighted by molar-refractivity contribution is 6.01. The fourth-order valence-electron chi connectivity index (χ4n) is 1.72. The Morgan fingerprint density at radius 1 is 0.950 bits per heavy atom. The molecule has 0 spiro atoms. The molecule has 102 valence electrons. The topological polar surface area (TPSA) is 63.6 Å². The molecule has 1 unspecified atom stereocenters. The predicted molar refractivity (Wildman–Crippen MR) is 73.8 cm³/mol. The van der Waals surface area contributed by atoms with E-state index in [2.05, 4.69) is 0 Å². The van der Waals surface area contributed by atoms with Crippen molar-refractivity contribution in [2.45, 2.75) is 13.0 Å². The van der Waals surface area contributed by atoms with Crippen LogP contribution >= 0.6 is 0 Å². The number of carbonyl (C=O) groups is 2. The van der Waals surface area contributed by atoms with E-state index in [1.807, 2.05) is 6.07 Å². The summed E-state index contributed by atoms with van der Waals surface area (Å²) < 4.78 is 5.12. The third kappa shape index (κ3) is 3.23. The number of ketones is 1. The molecule has 0 saturated carbocycles. The van der Waals surface area contributed by atoms with Gasteiger partial charge < -0.3 is 9.84 Å². The van der Waals surface area contributed by atoms with Crippen LogP contribution in [0.5, 0.6) is 5.75 Å². The number of rotatable bonds is 4. The number of hydrogen-bond acceptors (Lipinski definition) is 4. The van der Waals surface area contributed by atoms with Crippen LogP contribution < -0.4 is 0 Å². The van der Waals surface area contributed by atoms with E-state index in [0.717, 1.165) is 0 Å². The second-order valence-electron chi connectivity index (χ2n) is 4.32. The SMILES string of the molecule is CC(OC(=O)c1ccc(O)cc1)C(=O)c1ccccc1. The van der Waals surface area contributed by atoms with E-state index >= 15 is 0 Å². The summed E-state index contributed by atoms with van der Waals surface area (Å²) >= 11 is 0. The number of esters is 1. The number of Topliss-reactive ketones (excluding diaryl/α,β-unsaturated/α-hetero) is 1. The minimum Gasteiger partial charge on any atom is -0.508 e. The number of carbonyl (C=O) groups excluding carboxylic acids is 2. The molecule has 4 heteroatoms. The molecule has 0 aliphatic carbocycles. The molecule has 2 aromatic carbocycles. The molecule has 20 heavy (non-hydrogen) atoms. The zero-order valence-electron chi connectivity index (χ0n) is 10.9. The molecule has 4 nitrogen and oxygen atoms in total. The maximum atomic E-state index is 12.0. The largest absolute Gasteiger partial charge is 0.508 e. The van der Waals surface area contributed by atoms with E-state index in [-0.39, 0.29) is 17.1 Å². The Bertz CT molecular complexity index is 602. The molecule has 0 amide bonds. The summed E-state index contributed by atoms with van der Waals surface area (Å²) in [5.74, 6) is -0.783. The molecule has 0 fully saturated rings. The first kappa shape index (κ1) is 13.8. The van der Waals surface area contributed by atoms with Gasteiger partial charge in [-0.2, -0.15) is 0 Å². The molecule has 0 aliphatic rings. The van der Waals surface area contributed by atoms with Crippen LogP contribution in [0, 0.1) is 0 Å². The second-order valence-corrected chi connectivity index (χ2v) is 4.32. The van der Waals surface area contributed by atoms with Crippen molar-refractivity contribution < 1.29 is 19.4 Å². The van der Waals surface area contributed by atoms with Crippen LogP contribution in [-0.2, 0) is 4.74 Å². The Labute approximate surface area is 116 Å². The van der Waals surface area contributed by atoms with E-state index in [1.165, 1.54) is 31.2 Å². The lowest BCUT2D eigenvalue weighted by molar-refractivity contribution is 0.0319. The second kappa shape index (κ2) is 6.02. The van der Waals surface area contributed by atoms with Gasteiger partial charge in [-0.05, 0) is 31.2 Å². The predicted octanol–water partition coefficient (Wildman–Crippen LogP) is 2.82. The number of hydrogen-bond donors (Lipinski definition) is 1. The minimum absolute atomic E-state index is 0.0648. The van der Waals surface area contributed by atoms with Gasteiger partial charge in [0.25, 0.3) is 0 Å². The molecule has 0 bridgehead atoms. The minimum atomic E-state index is -0.862. The first-order valence-electron chi connectivity index (χ1n) is 6.17. The van der Waals surface area contributed by atoms with Crippen molar-refractivity contribution in [3.63, 3.8) is 0 Å². The molecular weight excluding hydrogens is 256 g/mol. The number of phenols is 1. The standard InChI is InChI=1S/C16H14O4/c1-11(15(18)12-5-3-2-4-6-12)20-16(19)13-7-9-14(17)10-8-13/h2-11,17H,1H3. The summed E-state index contributed by atoms with van der Waals surface area (Å²) in [6, 6.07) is 14.3. The van der Waals surface area contributed by atoms with Crippen molar-refractivity contribution in [2.75, 3.05) is 0 Å². The van der Waals surface area contributed by atoms with Crippen LogP contribution in [0.25, 0.3) is 0 Å². The molecule has 0 aliphatic heterocycles. The molecule has 0 saturated heterocycles. The van der Waals surface area contributed by atoms with E-state index in [0.29, 0.717) is 5.56 Å². The highest BCUT2D eigenvalue weighted by Crippen LogP contribution is 2.13. The zero-order chi connectivity index (χ0) is 14.5. The maximum Gasteiger partial charge on any atom is 0.338 e. The van der Waals surface area contributed by atoms with Crippen LogP contribution in [0.15, 0.2) is 54.6 Å². The summed E-state index contributed by atoms with van der Waals surface area (Å²) in [5, 5.41) is 9.15. The van der Waals surface area contributed by atoms with Crippen molar-refractivity contribution in [1.82, 2.24) is 0 Å². The molecular formula is C16H14O4. The van der Waals surface area contributed by atoms with Gasteiger partial charge in [0, 0.05) is 5.56 Å². The van der Waals surface area contributed by atoms with Crippen molar-refractivity contribution in [1.29, 1.82) is 0 Å². The van der Waals surface area contributed by atoms with E-state index in [1.54, 1.807) is 24.3 Å². The molecule has 1 atom stereocenters. The van der Waals surface area contributed by atoms with E-state index in [4.69, 9.17) is 9.84 Å². The van der Waals surface area contributed by atoms with Gasteiger partial charge in [-0.1, -0.05) is 30.3 Å². The highest BCUT2D eigenvalue weighted by atomic mass is 16.5. The molecule has 1 N–H and O–H groups in total. The summed E-state index contributed by atoms with van der Waals surface area (Å²) in [7, 11) is 0. The lowest BCUT2D eigenvalue weighted by Crippen LogP contribution is -2.24. The molecule has 0 radical (unpaired) electrons. The Balaban J connectivity index is 2.04. The van der Waals surface area contributed by atoms with Crippen LogP contribution in [-0.4, -0.2) is 23.0 Å². The van der Waals surface area contributed by atoms with Gasteiger partial charge in [0.1, 0.15) is 5.75 Å². The van der Waals surface area contributed by atoms with Gasteiger partial charge in [-0.25, -0.2) is 4.79 Å². The van der Waals surface area contributed by atoms with Gasteiger partial charge in [0.05, 0.1) is 5.56 Å². The molecule has 2 rings (SSSR count).